The lowest BCUT2D eigenvalue weighted by Gasteiger charge is -2.26. The highest BCUT2D eigenvalue weighted by atomic mass is 19.2. The molecule has 0 atom stereocenters. The SMILES string of the molecule is C.Cc1ccc(-c2ccc(-c3ccc(C4CCC(C)CC4)cc3)c(F)c2F)cc1F.[HH]. The second kappa shape index (κ2) is 9.07. The molecule has 1 saturated carbocycles. The maximum absolute atomic E-state index is 14.8. The molecular weight excluding hydrogens is 381 g/mol. The number of hydrogen-bond donors (Lipinski definition) is 0. The van der Waals surface area contributed by atoms with Crippen LogP contribution in [0.1, 0.15) is 58.5 Å². The van der Waals surface area contributed by atoms with Gasteiger partial charge in [0.25, 0.3) is 0 Å². The van der Waals surface area contributed by atoms with Crippen molar-refractivity contribution in [3.8, 4) is 22.3 Å². The molecule has 0 bridgehead atoms. The standard InChI is InChI=1S/C26H25F3.CH4.H2/c1-16-3-6-18(7-4-16)19-9-11-20(12-10-19)22-13-14-23(26(29)25(22)28)21-8-5-17(2)24(27)15-21;;/h5,8-16,18H,3-4,6-7H2,1-2H3;1H4;1H. The Balaban J connectivity index is 0.00000171. The number of benzene rings is 3. The van der Waals surface area contributed by atoms with Crippen LogP contribution in [0.3, 0.4) is 0 Å². The van der Waals surface area contributed by atoms with Crippen LogP contribution in [0.5, 0.6) is 0 Å². The van der Waals surface area contributed by atoms with E-state index in [9.17, 15) is 13.2 Å². The molecule has 0 aromatic heterocycles. The summed E-state index contributed by atoms with van der Waals surface area (Å²) < 4.78 is 43.5. The minimum Gasteiger partial charge on any atom is -0.207 e. The molecular formula is C27H31F3. The van der Waals surface area contributed by atoms with E-state index in [4.69, 9.17) is 0 Å². The first kappa shape index (κ1) is 22.1. The Morgan fingerprint density at radius 3 is 1.83 bits per heavy atom. The van der Waals surface area contributed by atoms with Crippen molar-refractivity contribution in [2.24, 2.45) is 5.92 Å². The predicted molar refractivity (Wildman–Crippen MR) is 121 cm³/mol. The van der Waals surface area contributed by atoms with Gasteiger partial charge in [0.1, 0.15) is 5.82 Å². The van der Waals surface area contributed by atoms with E-state index in [-0.39, 0.29) is 20.0 Å². The molecule has 1 aliphatic rings. The van der Waals surface area contributed by atoms with Crippen molar-refractivity contribution in [3.63, 3.8) is 0 Å². The van der Waals surface area contributed by atoms with Crippen LogP contribution in [0.25, 0.3) is 22.3 Å². The highest BCUT2D eigenvalue weighted by molar-refractivity contribution is 5.72. The zero-order chi connectivity index (χ0) is 20.5. The highest BCUT2D eigenvalue weighted by Gasteiger charge is 2.20. The summed E-state index contributed by atoms with van der Waals surface area (Å²) in [6.45, 7) is 3.93. The molecule has 160 valence electrons. The molecule has 1 aliphatic carbocycles. The maximum Gasteiger partial charge on any atom is 0.167 e. The smallest absolute Gasteiger partial charge is 0.167 e. The van der Waals surface area contributed by atoms with Crippen LogP contribution in [-0.2, 0) is 0 Å². The topological polar surface area (TPSA) is 0 Å². The van der Waals surface area contributed by atoms with Gasteiger partial charge < -0.3 is 0 Å². The van der Waals surface area contributed by atoms with Gasteiger partial charge in [0, 0.05) is 12.6 Å². The molecule has 0 unspecified atom stereocenters. The summed E-state index contributed by atoms with van der Waals surface area (Å²) in [5, 5.41) is 0. The van der Waals surface area contributed by atoms with Crippen molar-refractivity contribution >= 4 is 0 Å². The van der Waals surface area contributed by atoms with E-state index in [0.29, 0.717) is 22.6 Å². The van der Waals surface area contributed by atoms with E-state index >= 15 is 0 Å². The summed E-state index contributed by atoms with van der Waals surface area (Å²) in [6, 6.07) is 15.3. The van der Waals surface area contributed by atoms with E-state index in [0.717, 1.165) is 5.92 Å². The molecule has 4 rings (SSSR count). The van der Waals surface area contributed by atoms with E-state index in [2.05, 4.69) is 6.92 Å². The normalized spacial score (nSPS) is 18.7. The Kier molecular flexibility index (Phi) is 6.70. The van der Waals surface area contributed by atoms with Crippen molar-refractivity contribution in [1.82, 2.24) is 0 Å². The van der Waals surface area contributed by atoms with Crippen LogP contribution in [0.2, 0.25) is 0 Å². The van der Waals surface area contributed by atoms with Crippen LogP contribution >= 0.6 is 0 Å². The van der Waals surface area contributed by atoms with E-state index < -0.39 is 17.5 Å². The third-order valence-electron chi connectivity index (χ3n) is 6.27. The van der Waals surface area contributed by atoms with E-state index in [1.807, 2.05) is 24.3 Å². The van der Waals surface area contributed by atoms with Crippen molar-refractivity contribution in [3.05, 3.63) is 83.2 Å². The third kappa shape index (κ3) is 4.30. The average molecular weight is 413 g/mol. The second-order valence-electron chi connectivity index (χ2n) is 8.33. The van der Waals surface area contributed by atoms with Crippen LogP contribution in [0.15, 0.2) is 54.6 Å². The fraction of sp³-hybridized carbons (Fsp3) is 0.333. The number of halogens is 3. The Labute approximate surface area is 179 Å². The van der Waals surface area contributed by atoms with E-state index in [1.165, 1.54) is 43.4 Å². The zero-order valence-electron chi connectivity index (χ0n) is 16.8. The molecule has 0 saturated heterocycles. The van der Waals surface area contributed by atoms with Crippen LogP contribution in [0.4, 0.5) is 13.2 Å². The second-order valence-corrected chi connectivity index (χ2v) is 8.33. The monoisotopic (exact) mass is 412 g/mol. The van der Waals surface area contributed by atoms with Gasteiger partial charge in [0.15, 0.2) is 11.6 Å². The van der Waals surface area contributed by atoms with Gasteiger partial charge >= 0.3 is 0 Å². The minimum absolute atomic E-state index is 0. The summed E-state index contributed by atoms with van der Waals surface area (Å²) in [5.41, 5.74) is 3.02. The predicted octanol–water partition coefficient (Wildman–Crippen LogP) is 8.92. The van der Waals surface area contributed by atoms with Gasteiger partial charge in [-0.25, -0.2) is 13.2 Å². The lowest BCUT2D eigenvalue weighted by Crippen LogP contribution is -2.10. The first-order chi connectivity index (χ1) is 13.9. The Bertz CT molecular complexity index is 1020. The first-order valence-corrected chi connectivity index (χ1v) is 10.3. The van der Waals surface area contributed by atoms with Crippen molar-refractivity contribution in [2.75, 3.05) is 0 Å². The molecule has 0 heterocycles. The van der Waals surface area contributed by atoms with Gasteiger partial charge in [0.2, 0.25) is 0 Å². The first-order valence-electron chi connectivity index (χ1n) is 10.3. The molecule has 3 heteroatoms. The molecule has 0 amide bonds. The van der Waals surface area contributed by atoms with Gasteiger partial charge in [-0.2, -0.15) is 0 Å². The number of rotatable bonds is 3. The Morgan fingerprint density at radius 1 is 0.733 bits per heavy atom. The molecule has 0 aliphatic heterocycles. The lowest BCUT2D eigenvalue weighted by atomic mass is 9.79. The van der Waals surface area contributed by atoms with Crippen LogP contribution in [0, 0.1) is 30.3 Å². The molecule has 0 spiro atoms. The van der Waals surface area contributed by atoms with Gasteiger partial charge in [0.05, 0.1) is 0 Å². The largest absolute Gasteiger partial charge is 0.207 e. The van der Waals surface area contributed by atoms with Gasteiger partial charge in [-0.1, -0.05) is 75.7 Å². The maximum atomic E-state index is 14.8. The van der Waals surface area contributed by atoms with E-state index in [1.54, 1.807) is 25.1 Å². The van der Waals surface area contributed by atoms with Crippen LogP contribution < -0.4 is 0 Å². The zero-order valence-corrected chi connectivity index (χ0v) is 16.8. The lowest BCUT2D eigenvalue weighted by molar-refractivity contribution is 0.348. The molecule has 3 aromatic carbocycles. The van der Waals surface area contributed by atoms with Crippen molar-refractivity contribution in [2.45, 2.75) is 52.9 Å². The molecule has 0 radical (unpaired) electrons. The fourth-order valence-corrected chi connectivity index (χ4v) is 4.28. The third-order valence-corrected chi connectivity index (χ3v) is 6.27. The Morgan fingerprint density at radius 2 is 1.27 bits per heavy atom. The van der Waals surface area contributed by atoms with Crippen molar-refractivity contribution in [1.29, 1.82) is 0 Å². The Hall–Kier alpha value is -2.55. The molecule has 3 aromatic rings. The molecule has 30 heavy (non-hydrogen) atoms. The minimum atomic E-state index is -0.948. The average Bonchev–Trinajstić information content (AvgIpc) is 2.73. The highest BCUT2D eigenvalue weighted by Crippen LogP contribution is 2.37. The molecule has 1 fully saturated rings. The summed E-state index contributed by atoms with van der Waals surface area (Å²) in [4.78, 5) is 0. The number of hydrogen-bond acceptors (Lipinski definition) is 0. The summed E-state index contributed by atoms with van der Waals surface area (Å²) in [7, 11) is 0. The number of aryl methyl sites for hydroxylation is 1. The quantitative estimate of drug-likeness (QED) is 0.403. The van der Waals surface area contributed by atoms with Crippen molar-refractivity contribution < 1.29 is 14.6 Å². The summed E-state index contributed by atoms with van der Waals surface area (Å²) in [6.07, 6.45) is 4.86. The molecule has 0 nitrogen and oxygen atoms in total. The van der Waals surface area contributed by atoms with Gasteiger partial charge in [-0.15, -0.1) is 0 Å². The molecule has 0 N–H and O–H groups in total. The van der Waals surface area contributed by atoms with Gasteiger partial charge in [-0.3, -0.25) is 0 Å². The van der Waals surface area contributed by atoms with Gasteiger partial charge in [-0.05, 0) is 59.9 Å². The van der Waals surface area contributed by atoms with Crippen LogP contribution in [-0.4, -0.2) is 0 Å². The fourth-order valence-electron chi connectivity index (χ4n) is 4.28. The summed E-state index contributed by atoms with van der Waals surface area (Å²) in [5.74, 6) is -0.929. The summed E-state index contributed by atoms with van der Waals surface area (Å²) >= 11 is 0.